The number of ether oxygens (including phenoxy) is 2. The summed E-state index contributed by atoms with van der Waals surface area (Å²) in [6.45, 7) is 4.04. The summed E-state index contributed by atoms with van der Waals surface area (Å²) in [5.41, 5.74) is 3.91. The van der Waals surface area contributed by atoms with Gasteiger partial charge in [0.2, 0.25) is 0 Å². The van der Waals surface area contributed by atoms with Gasteiger partial charge in [0.15, 0.2) is 11.5 Å². The molecule has 0 saturated heterocycles. The minimum atomic E-state index is -0.494. The van der Waals surface area contributed by atoms with Gasteiger partial charge in [0.1, 0.15) is 24.1 Å². The summed E-state index contributed by atoms with van der Waals surface area (Å²) in [5, 5.41) is 12.4. The molecule has 0 unspecified atom stereocenters. The molecule has 0 aliphatic rings. The number of nitriles is 1. The molecule has 3 aromatic rings. The van der Waals surface area contributed by atoms with E-state index in [0.29, 0.717) is 28.3 Å². The Kier molecular flexibility index (Phi) is 8.06. The molecule has 5 nitrogen and oxygen atoms in total. The van der Waals surface area contributed by atoms with Gasteiger partial charge in [0, 0.05) is 5.69 Å². The van der Waals surface area contributed by atoms with Gasteiger partial charge in [-0.15, -0.1) is 0 Å². The highest BCUT2D eigenvalue weighted by Crippen LogP contribution is 2.35. The van der Waals surface area contributed by atoms with Crippen LogP contribution in [0.25, 0.3) is 6.08 Å². The number of methoxy groups -OCH3 is 1. The highest BCUT2D eigenvalue weighted by Gasteiger charge is 2.15. The first kappa shape index (κ1) is 24.3. The molecule has 3 aromatic carbocycles. The fourth-order valence-corrected chi connectivity index (χ4v) is 3.92. The quantitative estimate of drug-likeness (QED) is 0.214. The molecule has 0 aliphatic carbocycles. The molecular weight excluding hydrogens is 534 g/mol. The van der Waals surface area contributed by atoms with E-state index < -0.39 is 5.91 Å². The molecule has 33 heavy (non-hydrogen) atoms. The molecule has 3 rings (SSSR count). The molecule has 1 N–H and O–H groups in total. The number of benzene rings is 3. The summed E-state index contributed by atoms with van der Waals surface area (Å²) < 4.78 is 25.5. The van der Waals surface area contributed by atoms with Gasteiger partial charge in [-0.05, 0) is 95.1 Å². The zero-order valence-corrected chi connectivity index (χ0v) is 20.6. The zero-order valence-electron chi connectivity index (χ0n) is 18.4. The highest BCUT2D eigenvalue weighted by atomic mass is 127. The summed E-state index contributed by atoms with van der Waals surface area (Å²) in [7, 11) is 1.51. The van der Waals surface area contributed by atoms with Crippen molar-refractivity contribution >= 4 is 40.3 Å². The van der Waals surface area contributed by atoms with Crippen LogP contribution >= 0.6 is 22.6 Å². The zero-order chi connectivity index (χ0) is 24.0. The monoisotopic (exact) mass is 556 g/mol. The Balaban J connectivity index is 1.84. The topological polar surface area (TPSA) is 71.3 Å². The van der Waals surface area contributed by atoms with Crippen LogP contribution in [0.15, 0.2) is 60.2 Å². The summed E-state index contributed by atoms with van der Waals surface area (Å²) in [4.78, 5) is 12.7. The Morgan fingerprint density at radius 2 is 1.94 bits per heavy atom. The maximum atomic E-state index is 13.4. The second-order valence-corrected chi connectivity index (χ2v) is 8.49. The van der Waals surface area contributed by atoms with Gasteiger partial charge in [-0.1, -0.05) is 24.3 Å². The van der Waals surface area contributed by atoms with E-state index in [-0.39, 0.29) is 18.0 Å². The molecule has 0 heterocycles. The highest BCUT2D eigenvalue weighted by molar-refractivity contribution is 14.1. The normalized spacial score (nSPS) is 11.0. The van der Waals surface area contributed by atoms with Gasteiger partial charge in [0.05, 0.1) is 10.7 Å². The average molecular weight is 556 g/mol. The Morgan fingerprint density at radius 3 is 2.64 bits per heavy atom. The van der Waals surface area contributed by atoms with E-state index in [2.05, 4.69) is 27.9 Å². The van der Waals surface area contributed by atoms with Crippen LogP contribution in [0.1, 0.15) is 22.3 Å². The van der Waals surface area contributed by atoms with E-state index >= 15 is 0 Å². The van der Waals surface area contributed by atoms with Crippen LogP contribution in [-0.2, 0) is 11.4 Å². The largest absolute Gasteiger partial charge is 0.493 e. The van der Waals surface area contributed by atoms with Crippen LogP contribution in [0.4, 0.5) is 10.1 Å². The molecule has 7 heteroatoms. The van der Waals surface area contributed by atoms with Crippen molar-refractivity contribution in [1.82, 2.24) is 0 Å². The van der Waals surface area contributed by atoms with E-state index in [1.807, 2.05) is 32.0 Å². The van der Waals surface area contributed by atoms with E-state index in [9.17, 15) is 14.4 Å². The van der Waals surface area contributed by atoms with E-state index in [1.54, 1.807) is 30.3 Å². The number of aryl methyl sites for hydroxylation is 1. The summed E-state index contributed by atoms with van der Waals surface area (Å²) >= 11 is 2.10. The van der Waals surface area contributed by atoms with Crippen LogP contribution in [-0.4, -0.2) is 13.0 Å². The lowest BCUT2D eigenvalue weighted by molar-refractivity contribution is -0.112. The van der Waals surface area contributed by atoms with Gasteiger partial charge in [-0.2, -0.15) is 5.26 Å². The number of nitrogens with zero attached hydrogens (tertiary/aromatic N) is 1. The van der Waals surface area contributed by atoms with Gasteiger partial charge in [-0.3, -0.25) is 4.79 Å². The van der Waals surface area contributed by atoms with E-state index in [4.69, 9.17) is 9.47 Å². The SMILES string of the molecule is COc1cc(/C=C(\C#N)C(=O)Nc2cccc(C)c2C)cc(I)c1OCc1cccc(F)c1. The predicted octanol–water partition coefficient (Wildman–Crippen LogP) is 6.18. The van der Waals surface area contributed by atoms with Crippen LogP contribution in [0, 0.1) is 34.6 Å². The Labute approximate surface area is 206 Å². The number of hydrogen-bond acceptors (Lipinski definition) is 4. The third-order valence-corrected chi connectivity index (χ3v) is 5.85. The third-order valence-electron chi connectivity index (χ3n) is 5.05. The van der Waals surface area contributed by atoms with Crippen molar-refractivity contribution in [2.24, 2.45) is 0 Å². The first-order valence-corrected chi connectivity index (χ1v) is 11.1. The maximum absolute atomic E-state index is 13.4. The number of nitrogens with one attached hydrogen (secondary N) is 1. The van der Waals surface area contributed by atoms with E-state index in [0.717, 1.165) is 14.7 Å². The molecule has 168 valence electrons. The summed E-state index contributed by atoms with van der Waals surface area (Å²) in [6.07, 6.45) is 1.50. The molecule has 0 bridgehead atoms. The number of carbonyl (C=O) groups is 1. The van der Waals surface area contributed by atoms with Crippen LogP contribution in [0.2, 0.25) is 0 Å². The van der Waals surface area contributed by atoms with E-state index in [1.165, 1.54) is 25.3 Å². The standard InChI is InChI=1S/C26H22FIN2O3/c1-16-6-4-9-23(17(16)2)30-26(31)20(14-29)10-19-12-22(28)25(24(13-19)32-3)33-15-18-7-5-8-21(27)11-18/h4-13H,15H2,1-3H3,(H,30,31)/b20-10+. The number of amides is 1. The summed E-state index contributed by atoms with van der Waals surface area (Å²) in [6, 6.07) is 17.2. The molecule has 0 atom stereocenters. The Morgan fingerprint density at radius 1 is 1.18 bits per heavy atom. The lowest BCUT2D eigenvalue weighted by Crippen LogP contribution is -2.14. The minimum absolute atomic E-state index is 0.0396. The smallest absolute Gasteiger partial charge is 0.266 e. The van der Waals surface area contributed by atoms with Crippen LogP contribution in [0.5, 0.6) is 11.5 Å². The maximum Gasteiger partial charge on any atom is 0.266 e. The second-order valence-electron chi connectivity index (χ2n) is 7.32. The average Bonchev–Trinajstić information content (AvgIpc) is 2.79. The first-order valence-electron chi connectivity index (χ1n) is 10.1. The molecule has 0 aliphatic heterocycles. The molecule has 1 amide bonds. The molecular formula is C26H22FIN2O3. The molecule has 0 saturated carbocycles. The fourth-order valence-electron chi connectivity index (χ4n) is 3.14. The molecule has 0 aromatic heterocycles. The Hall–Kier alpha value is -3.38. The van der Waals surface area contributed by atoms with Crippen LogP contribution in [0.3, 0.4) is 0 Å². The molecule has 0 radical (unpaired) electrons. The van der Waals surface area contributed by atoms with Crippen LogP contribution < -0.4 is 14.8 Å². The van der Waals surface area contributed by atoms with Gasteiger partial charge in [-0.25, -0.2) is 4.39 Å². The minimum Gasteiger partial charge on any atom is -0.493 e. The lowest BCUT2D eigenvalue weighted by atomic mass is 10.1. The van der Waals surface area contributed by atoms with Gasteiger partial charge < -0.3 is 14.8 Å². The molecule has 0 fully saturated rings. The predicted molar refractivity (Wildman–Crippen MR) is 135 cm³/mol. The number of carbonyl (C=O) groups excluding carboxylic acids is 1. The first-order chi connectivity index (χ1) is 15.8. The van der Waals surface area contributed by atoms with Gasteiger partial charge in [0.25, 0.3) is 5.91 Å². The fraction of sp³-hybridized carbons (Fsp3) is 0.154. The number of rotatable bonds is 7. The van der Waals surface area contributed by atoms with Crippen molar-refractivity contribution in [2.75, 3.05) is 12.4 Å². The summed E-state index contributed by atoms with van der Waals surface area (Å²) in [5.74, 6) is 0.114. The Bertz CT molecular complexity index is 1260. The van der Waals surface area contributed by atoms with Crippen molar-refractivity contribution < 1.29 is 18.7 Å². The van der Waals surface area contributed by atoms with Crippen molar-refractivity contribution in [3.05, 3.63) is 91.8 Å². The van der Waals surface area contributed by atoms with Crippen molar-refractivity contribution in [2.45, 2.75) is 20.5 Å². The number of halogens is 2. The van der Waals surface area contributed by atoms with Crippen molar-refractivity contribution in [3.8, 4) is 17.6 Å². The number of hydrogen-bond donors (Lipinski definition) is 1. The molecule has 0 spiro atoms. The van der Waals surface area contributed by atoms with Crippen molar-refractivity contribution in [3.63, 3.8) is 0 Å². The second kappa shape index (κ2) is 11.0. The lowest BCUT2D eigenvalue weighted by Gasteiger charge is -2.14. The van der Waals surface area contributed by atoms with Crippen molar-refractivity contribution in [1.29, 1.82) is 5.26 Å². The third kappa shape index (κ3) is 6.11. The van der Waals surface area contributed by atoms with Gasteiger partial charge >= 0.3 is 0 Å². The number of anilines is 1.